The number of halogens is 1. The van der Waals surface area contributed by atoms with Gasteiger partial charge in [0.2, 0.25) is 0 Å². The average Bonchev–Trinajstić information content (AvgIpc) is 2.59. The third-order valence-corrected chi connectivity index (χ3v) is 4.55. The molecule has 0 fully saturated rings. The Morgan fingerprint density at radius 1 is 1.12 bits per heavy atom. The molecule has 0 bridgehead atoms. The van der Waals surface area contributed by atoms with Crippen molar-refractivity contribution in [3.63, 3.8) is 0 Å². The van der Waals surface area contributed by atoms with E-state index in [4.69, 9.17) is 11.6 Å². The fraction of sp³-hybridized carbons (Fsp3) is 0.100. The number of rotatable bonds is 4. The molecule has 0 radical (unpaired) electrons. The summed E-state index contributed by atoms with van der Waals surface area (Å²) >= 11 is 10.7. The van der Waals surface area contributed by atoms with Crippen molar-refractivity contribution in [2.45, 2.75) is 18.7 Å². The van der Waals surface area contributed by atoms with Gasteiger partial charge in [-0.05, 0) is 66.4 Å². The van der Waals surface area contributed by atoms with Crippen LogP contribution in [0.2, 0.25) is 5.02 Å². The molecular formula is C20H17ClN2OS. The SMILES string of the molecule is Cc1cnc(Nc2cc(-c3cccc(S)c3)cc(C=O)c2C)c(Cl)c1. The highest BCUT2D eigenvalue weighted by molar-refractivity contribution is 7.80. The Balaban J connectivity index is 2.09. The minimum Gasteiger partial charge on any atom is -0.339 e. The number of carbonyl (C=O) groups excluding carboxylic acids is 1. The van der Waals surface area contributed by atoms with Crippen LogP contribution >= 0.6 is 24.2 Å². The largest absolute Gasteiger partial charge is 0.339 e. The number of nitrogens with zero attached hydrogens (tertiary/aromatic N) is 1. The number of hydrogen-bond acceptors (Lipinski definition) is 4. The maximum absolute atomic E-state index is 11.5. The number of carbonyl (C=O) groups is 1. The van der Waals surface area contributed by atoms with Gasteiger partial charge in [-0.15, -0.1) is 12.6 Å². The fourth-order valence-electron chi connectivity index (χ4n) is 2.59. The van der Waals surface area contributed by atoms with Crippen molar-refractivity contribution in [2.24, 2.45) is 0 Å². The molecule has 3 aromatic rings. The zero-order chi connectivity index (χ0) is 18.0. The third-order valence-electron chi connectivity index (χ3n) is 3.99. The zero-order valence-corrected chi connectivity index (χ0v) is 15.5. The predicted octanol–water partition coefficient (Wildman–Crippen LogP) is 5.86. The van der Waals surface area contributed by atoms with Gasteiger partial charge in [0.1, 0.15) is 12.1 Å². The summed E-state index contributed by atoms with van der Waals surface area (Å²) in [5, 5.41) is 3.78. The van der Waals surface area contributed by atoms with Crippen LogP contribution < -0.4 is 5.32 Å². The smallest absolute Gasteiger partial charge is 0.150 e. The van der Waals surface area contributed by atoms with Crippen LogP contribution in [0.1, 0.15) is 21.5 Å². The lowest BCUT2D eigenvalue weighted by atomic mass is 9.98. The van der Waals surface area contributed by atoms with Gasteiger partial charge in [-0.25, -0.2) is 4.98 Å². The number of aldehydes is 1. The molecule has 3 rings (SSSR count). The molecule has 0 spiro atoms. The Morgan fingerprint density at radius 2 is 1.92 bits per heavy atom. The molecule has 0 unspecified atom stereocenters. The van der Waals surface area contributed by atoms with E-state index in [1.54, 1.807) is 6.20 Å². The maximum atomic E-state index is 11.5. The van der Waals surface area contributed by atoms with E-state index in [1.807, 2.05) is 56.3 Å². The molecule has 126 valence electrons. The minimum atomic E-state index is 0.537. The lowest BCUT2D eigenvalue weighted by Gasteiger charge is -2.15. The second-order valence-corrected chi connectivity index (χ2v) is 6.80. The summed E-state index contributed by atoms with van der Waals surface area (Å²) in [7, 11) is 0. The first-order valence-electron chi connectivity index (χ1n) is 7.76. The van der Waals surface area contributed by atoms with Crippen LogP contribution in [0, 0.1) is 13.8 Å². The van der Waals surface area contributed by atoms with E-state index >= 15 is 0 Å². The lowest BCUT2D eigenvalue weighted by Crippen LogP contribution is -2.00. The quantitative estimate of drug-likeness (QED) is 0.447. The number of thiol groups is 1. The Labute approximate surface area is 157 Å². The molecule has 5 heteroatoms. The number of hydrogen-bond donors (Lipinski definition) is 2. The van der Waals surface area contributed by atoms with Crippen LogP contribution in [-0.2, 0) is 0 Å². The van der Waals surface area contributed by atoms with Gasteiger partial charge in [0.25, 0.3) is 0 Å². The summed E-state index contributed by atoms with van der Waals surface area (Å²) in [5.41, 5.74) is 5.16. The summed E-state index contributed by atoms with van der Waals surface area (Å²) in [4.78, 5) is 16.7. The van der Waals surface area contributed by atoms with Gasteiger partial charge < -0.3 is 5.32 Å². The monoisotopic (exact) mass is 368 g/mol. The van der Waals surface area contributed by atoms with Crippen LogP contribution in [0.4, 0.5) is 11.5 Å². The third kappa shape index (κ3) is 3.86. The van der Waals surface area contributed by atoms with E-state index in [0.717, 1.165) is 39.1 Å². The second-order valence-electron chi connectivity index (χ2n) is 5.87. The van der Waals surface area contributed by atoms with Crippen molar-refractivity contribution in [2.75, 3.05) is 5.32 Å². The van der Waals surface area contributed by atoms with Gasteiger partial charge >= 0.3 is 0 Å². The summed E-state index contributed by atoms with van der Waals surface area (Å²) in [6.45, 7) is 3.83. The van der Waals surface area contributed by atoms with Crippen molar-refractivity contribution in [1.82, 2.24) is 4.98 Å². The lowest BCUT2D eigenvalue weighted by molar-refractivity contribution is 0.112. The molecule has 0 saturated carbocycles. The topological polar surface area (TPSA) is 42.0 Å². The molecule has 1 aromatic heterocycles. The summed E-state index contributed by atoms with van der Waals surface area (Å²) in [6.07, 6.45) is 2.61. The first-order chi connectivity index (χ1) is 12.0. The number of pyridine rings is 1. The van der Waals surface area contributed by atoms with Crippen LogP contribution in [0.3, 0.4) is 0 Å². The minimum absolute atomic E-state index is 0.537. The standard InChI is InChI=1S/C20H17ClN2OS/c1-12-6-18(21)20(22-10-12)23-19-9-15(7-16(11-24)13(19)2)14-4-3-5-17(25)8-14/h3-11,25H,1-2H3,(H,22,23). The molecule has 0 aliphatic carbocycles. The number of aryl methyl sites for hydroxylation is 1. The zero-order valence-electron chi connectivity index (χ0n) is 13.9. The van der Waals surface area contributed by atoms with Gasteiger partial charge in [0.15, 0.2) is 0 Å². The van der Waals surface area contributed by atoms with Crippen LogP contribution in [-0.4, -0.2) is 11.3 Å². The van der Waals surface area contributed by atoms with Gasteiger partial charge in [-0.3, -0.25) is 4.79 Å². The van der Waals surface area contributed by atoms with Crippen molar-refractivity contribution in [3.8, 4) is 11.1 Å². The second kappa shape index (κ2) is 7.30. The van der Waals surface area contributed by atoms with E-state index in [-0.39, 0.29) is 0 Å². The van der Waals surface area contributed by atoms with Gasteiger partial charge in [-0.2, -0.15) is 0 Å². The highest BCUT2D eigenvalue weighted by Crippen LogP contribution is 2.32. The Morgan fingerprint density at radius 3 is 2.60 bits per heavy atom. The molecule has 1 N–H and O–H groups in total. The van der Waals surface area contributed by atoms with E-state index in [2.05, 4.69) is 22.9 Å². The first kappa shape index (κ1) is 17.5. The highest BCUT2D eigenvalue weighted by atomic mass is 35.5. The maximum Gasteiger partial charge on any atom is 0.150 e. The molecule has 1 heterocycles. The molecule has 0 aliphatic heterocycles. The number of nitrogens with one attached hydrogen (secondary N) is 1. The van der Waals surface area contributed by atoms with E-state index in [9.17, 15) is 4.79 Å². The van der Waals surface area contributed by atoms with Crippen LogP contribution in [0.25, 0.3) is 11.1 Å². The Kier molecular flexibility index (Phi) is 5.11. The highest BCUT2D eigenvalue weighted by Gasteiger charge is 2.11. The first-order valence-corrected chi connectivity index (χ1v) is 8.59. The molecule has 0 aliphatic rings. The molecule has 0 amide bonds. The fourth-order valence-corrected chi connectivity index (χ4v) is 3.09. The van der Waals surface area contributed by atoms with Gasteiger partial charge in [-0.1, -0.05) is 23.7 Å². The van der Waals surface area contributed by atoms with E-state index in [1.165, 1.54) is 0 Å². The van der Waals surface area contributed by atoms with Crippen molar-refractivity contribution in [3.05, 3.63) is 70.4 Å². The number of benzene rings is 2. The summed E-state index contributed by atoms with van der Waals surface area (Å²) < 4.78 is 0. The van der Waals surface area contributed by atoms with Gasteiger partial charge in [0.05, 0.1) is 5.02 Å². The van der Waals surface area contributed by atoms with E-state index < -0.39 is 0 Å². The molecule has 2 aromatic carbocycles. The molecule has 25 heavy (non-hydrogen) atoms. The Hall–Kier alpha value is -2.30. The number of aromatic nitrogens is 1. The average molecular weight is 369 g/mol. The van der Waals surface area contributed by atoms with Crippen LogP contribution in [0.5, 0.6) is 0 Å². The Bertz CT molecular complexity index is 956. The van der Waals surface area contributed by atoms with Crippen molar-refractivity contribution >= 4 is 42.0 Å². The number of anilines is 2. The summed E-state index contributed by atoms with van der Waals surface area (Å²) in [5.74, 6) is 0.562. The predicted molar refractivity (Wildman–Crippen MR) is 107 cm³/mol. The van der Waals surface area contributed by atoms with Crippen molar-refractivity contribution < 1.29 is 4.79 Å². The van der Waals surface area contributed by atoms with Crippen molar-refractivity contribution in [1.29, 1.82) is 0 Å². The molecule has 0 atom stereocenters. The molecular weight excluding hydrogens is 352 g/mol. The molecule has 3 nitrogen and oxygen atoms in total. The van der Waals surface area contributed by atoms with E-state index in [0.29, 0.717) is 16.4 Å². The van der Waals surface area contributed by atoms with Crippen LogP contribution in [0.15, 0.2) is 53.6 Å². The normalized spacial score (nSPS) is 10.6. The van der Waals surface area contributed by atoms with Gasteiger partial charge in [0, 0.05) is 22.3 Å². The summed E-state index contributed by atoms with van der Waals surface area (Å²) in [6, 6.07) is 13.5. The molecule has 0 saturated heterocycles.